The summed E-state index contributed by atoms with van der Waals surface area (Å²) < 4.78 is 22.7. The summed E-state index contributed by atoms with van der Waals surface area (Å²) >= 11 is 12.1. The van der Waals surface area contributed by atoms with Crippen LogP contribution in [0.15, 0.2) is 18.2 Å². The monoisotopic (exact) mass is 336 g/mol. The van der Waals surface area contributed by atoms with Crippen LogP contribution in [0, 0.1) is 0 Å². The second-order valence-electron chi connectivity index (χ2n) is 5.03. The average molecular weight is 337 g/mol. The van der Waals surface area contributed by atoms with Crippen molar-refractivity contribution in [2.75, 3.05) is 31.1 Å². The second-order valence-corrected chi connectivity index (χ2v) is 8.12. The summed E-state index contributed by atoms with van der Waals surface area (Å²) in [4.78, 5) is 2.12. The van der Waals surface area contributed by atoms with Crippen LogP contribution in [-0.2, 0) is 9.84 Å². The fraction of sp³-hybridized carbons (Fsp3) is 0.538. The van der Waals surface area contributed by atoms with Gasteiger partial charge in [-0.15, -0.1) is 0 Å². The zero-order valence-corrected chi connectivity index (χ0v) is 13.4. The van der Waals surface area contributed by atoms with Crippen LogP contribution in [-0.4, -0.2) is 44.5 Å². The normalized spacial score (nSPS) is 20.8. The molecule has 0 radical (unpaired) electrons. The van der Waals surface area contributed by atoms with E-state index in [1.807, 2.05) is 12.1 Å². The van der Waals surface area contributed by atoms with Gasteiger partial charge in [-0.2, -0.15) is 0 Å². The van der Waals surface area contributed by atoms with Gasteiger partial charge in [0.2, 0.25) is 0 Å². The highest BCUT2D eigenvalue weighted by atomic mass is 35.5. The summed E-state index contributed by atoms with van der Waals surface area (Å²) in [6.45, 7) is 1.93. The summed E-state index contributed by atoms with van der Waals surface area (Å²) in [5.74, 6) is 0.473. The minimum absolute atomic E-state index is 0.195. The van der Waals surface area contributed by atoms with Gasteiger partial charge in [-0.25, -0.2) is 8.42 Å². The third-order valence-corrected chi connectivity index (χ3v) is 6.02. The smallest absolute Gasteiger partial charge is 0.152 e. The molecular formula is C13H18Cl2N2O2S. The molecule has 1 aromatic rings. The Kier molecular flexibility index (Phi) is 5.31. The molecule has 1 aromatic carbocycles. The minimum atomic E-state index is -2.83. The van der Waals surface area contributed by atoms with Crippen LogP contribution in [0.2, 0.25) is 10.0 Å². The maximum absolute atomic E-state index is 11.4. The summed E-state index contributed by atoms with van der Waals surface area (Å²) in [6, 6.07) is 5.24. The van der Waals surface area contributed by atoms with Crippen molar-refractivity contribution >= 4 is 33.0 Å². The molecule has 1 unspecified atom stereocenters. The highest BCUT2D eigenvalue weighted by molar-refractivity contribution is 7.91. The van der Waals surface area contributed by atoms with Gasteiger partial charge in [-0.05, 0) is 18.1 Å². The van der Waals surface area contributed by atoms with Gasteiger partial charge in [-0.1, -0.05) is 35.3 Å². The number of hydrogen-bond acceptors (Lipinski definition) is 4. The molecule has 2 rings (SSSR count). The molecule has 1 aliphatic rings. The van der Waals surface area contributed by atoms with Gasteiger partial charge >= 0.3 is 0 Å². The van der Waals surface area contributed by atoms with Crippen molar-refractivity contribution in [3.8, 4) is 0 Å². The number of halogens is 2. The molecule has 1 atom stereocenters. The van der Waals surface area contributed by atoms with E-state index >= 15 is 0 Å². The molecule has 1 saturated heterocycles. The lowest BCUT2D eigenvalue weighted by molar-refractivity contribution is 0.283. The van der Waals surface area contributed by atoms with E-state index in [0.29, 0.717) is 23.1 Å². The van der Waals surface area contributed by atoms with Crippen LogP contribution in [0.25, 0.3) is 0 Å². The Hall–Kier alpha value is -0.330. The van der Waals surface area contributed by atoms with Crippen molar-refractivity contribution in [1.82, 2.24) is 4.90 Å². The van der Waals surface area contributed by atoms with Gasteiger partial charge in [0.1, 0.15) is 0 Å². The van der Waals surface area contributed by atoms with Crippen molar-refractivity contribution in [3.63, 3.8) is 0 Å². The number of rotatable bonds is 4. The molecule has 0 amide bonds. The predicted octanol–water partition coefficient (Wildman–Crippen LogP) is 2.11. The van der Waals surface area contributed by atoms with Gasteiger partial charge in [0, 0.05) is 25.7 Å². The van der Waals surface area contributed by atoms with E-state index in [9.17, 15) is 8.42 Å². The number of sulfone groups is 1. The first-order chi connectivity index (χ1) is 9.39. The van der Waals surface area contributed by atoms with E-state index in [-0.39, 0.29) is 17.5 Å². The molecule has 1 heterocycles. The quantitative estimate of drug-likeness (QED) is 0.914. The highest BCUT2D eigenvalue weighted by Crippen LogP contribution is 2.30. The minimum Gasteiger partial charge on any atom is -0.324 e. The molecule has 0 aliphatic carbocycles. The fourth-order valence-corrected chi connectivity index (χ4v) is 3.98. The first kappa shape index (κ1) is 16.0. The molecule has 7 heteroatoms. The van der Waals surface area contributed by atoms with Crippen molar-refractivity contribution in [2.24, 2.45) is 5.73 Å². The van der Waals surface area contributed by atoms with Crippen molar-refractivity contribution in [1.29, 1.82) is 0 Å². The summed E-state index contributed by atoms with van der Waals surface area (Å²) in [6.07, 6.45) is 0.722. The number of hydrogen-bond donors (Lipinski definition) is 1. The number of nitrogens with two attached hydrogens (primary N) is 1. The molecule has 2 N–H and O–H groups in total. The molecule has 0 saturated carbocycles. The van der Waals surface area contributed by atoms with Gasteiger partial charge in [0.25, 0.3) is 0 Å². The number of benzene rings is 1. The lowest BCUT2D eigenvalue weighted by Gasteiger charge is -2.27. The van der Waals surface area contributed by atoms with Gasteiger partial charge in [0.05, 0.1) is 21.6 Å². The van der Waals surface area contributed by atoms with E-state index in [1.165, 1.54) is 0 Å². The fourth-order valence-electron chi connectivity index (χ4n) is 2.26. The Morgan fingerprint density at radius 1 is 1.25 bits per heavy atom. The third-order valence-electron chi connectivity index (χ3n) is 3.57. The van der Waals surface area contributed by atoms with E-state index in [0.717, 1.165) is 18.5 Å². The summed E-state index contributed by atoms with van der Waals surface area (Å²) in [5.41, 5.74) is 6.98. The third kappa shape index (κ3) is 4.09. The van der Waals surface area contributed by atoms with Crippen molar-refractivity contribution in [2.45, 2.75) is 12.5 Å². The van der Waals surface area contributed by atoms with Crippen LogP contribution in [0.1, 0.15) is 18.0 Å². The van der Waals surface area contributed by atoms with E-state index in [2.05, 4.69) is 4.90 Å². The average Bonchev–Trinajstić information content (AvgIpc) is 2.40. The number of nitrogens with zero attached hydrogens (tertiary/aromatic N) is 1. The maximum Gasteiger partial charge on any atom is 0.152 e. The molecule has 20 heavy (non-hydrogen) atoms. The van der Waals surface area contributed by atoms with Gasteiger partial charge < -0.3 is 10.6 Å². The Morgan fingerprint density at radius 3 is 2.55 bits per heavy atom. The molecule has 0 bridgehead atoms. The van der Waals surface area contributed by atoms with Crippen molar-refractivity contribution < 1.29 is 8.42 Å². The Morgan fingerprint density at radius 2 is 1.90 bits per heavy atom. The zero-order chi connectivity index (χ0) is 14.8. The highest BCUT2D eigenvalue weighted by Gasteiger charge is 2.22. The van der Waals surface area contributed by atoms with Crippen molar-refractivity contribution in [3.05, 3.63) is 33.8 Å². The zero-order valence-electron chi connectivity index (χ0n) is 11.1. The predicted molar refractivity (Wildman–Crippen MR) is 83.1 cm³/mol. The molecule has 4 nitrogen and oxygen atoms in total. The van der Waals surface area contributed by atoms with E-state index < -0.39 is 9.84 Å². The standard InChI is InChI=1S/C13H18Cl2N2O2S/c14-11-3-1-2-10(13(11)15)12(16)4-5-17-6-8-20(18,19)9-7-17/h1-3,12H,4-9,16H2. The Balaban J connectivity index is 1.90. The van der Waals surface area contributed by atoms with E-state index in [4.69, 9.17) is 28.9 Å². The molecule has 0 spiro atoms. The molecular weight excluding hydrogens is 319 g/mol. The van der Waals surface area contributed by atoms with Crippen LogP contribution >= 0.6 is 23.2 Å². The van der Waals surface area contributed by atoms with Crippen LogP contribution < -0.4 is 5.73 Å². The lowest BCUT2D eigenvalue weighted by Crippen LogP contribution is -2.41. The van der Waals surface area contributed by atoms with Gasteiger partial charge in [0.15, 0.2) is 9.84 Å². The van der Waals surface area contributed by atoms with E-state index in [1.54, 1.807) is 6.07 Å². The maximum atomic E-state index is 11.4. The topological polar surface area (TPSA) is 63.4 Å². The molecule has 112 valence electrons. The Labute approximate surface area is 129 Å². The second kappa shape index (κ2) is 6.62. The van der Waals surface area contributed by atoms with Crippen LogP contribution in [0.4, 0.5) is 0 Å². The van der Waals surface area contributed by atoms with Gasteiger partial charge in [-0.3, -0.25) is 0 Å². The Bertz CT molecular complexity index is 564. The first-order valence-corrected chi connectivity index (χ1v) is 9.09. The molecule has 0 aromatic heterocycles. The van der Waals surface area contributed by atoms with Crippen LogP contribution in [0.5, 0.6) is 0 Å². The largest absolute Gasteiger partial charge is 0.324 e. The summed E-state index contributed by atoms with van der Waals surface area (Å²) in [7, 11) is -2.83. The SMILES string of the molecule is NC(CCN1CCS(=O)(=O)CC1)c1cccc(Cl)c1Cl. The molecule has 1 aliphatic heterocycles. The summed E-state index contributed by atoms with van der Waals surface area (Å²) in [5, 5.41) is 1.01. The molecule has 1 fully saturated rings. The van der Waals surface area contributed by atoms with Crippen LogP contribution in [0.3, 0.4) is 0 Å². The first-order valence-electron chi connectivity index (χ1n) is 6.51. The lowest BCUT2D eigenvalue weighted by atomic mass is 10.0.